The van der Waals surface area contributed by atoms with E-state index in [9.17, 15) is 9.90 Å². The van der Waals surface area contributed by atoms with Gasteiger partial charge in [-0.15, -0.1) is 0 Å². The highest BCUT2D eigenvalue weighted by atomic mass is 16.5. The number of pyridine rings is 1. The molecule has 6 nitrogen and oxygen atoms in total. The second-order valence-electron chi connectivity index (χ2n) is 9.96. The molecule has 0 aliphatic rings. The summed E-state index contributed by atoms with van der Waals surface area (Å²) in [6, 6.07) is 27.3. The van der Waals surface area contributed by atoms with Crippen molar-refractivity contribution < 1.29 is 19.4 Å². The number of nitrogens with one attached hydrogen (secondary N) is 1. The van der Waals surface area contributed by atoms with Crippen LogP contribution in [0.3, 0.4) is 0 Å². The highest BCUT2D eigenvalue weighted by Gasteiger charge is 2.19. The summed E-state index contributed by atoms with van der Waals surface area (Å²) in [6.07, 6.45) is 3.25. The van der Waals surface area contributed by atoms with Gasteiger partial charge >= 0.3 is 0 Å². The van der Waals surface area contributed by atoms with E-state index in [1.165, 1.54) is 5.56 Å². The third-order valence-corrected chi connectivity index (χ3v) is 6.17. The quantitative estimate of drug-likeness (QED) is 0.244. The summed E-state index contributed by atoms with van der Waals surface area (Å²) < 4.78 is 12.0. The summed E-state index contributed by atoms with van der Waals surface area (Å²) in [6.45, 7) is 6.51. The van der Waals surface area contributed by atoms with Crippen LogP contribution in [0, 0.1) is 0 Å². The van der Waals surface area contributed by atoms with E-state index < -0.39 is 5.91 Å². The molecule has 0 aliphatic heterocycles. The molecule has 0 bridgehead atoms. The zero-order chi connectivity index (χ0) is 26.7. The maximum absolute atomic E-state index is 13.2. The van der Waals surface area contributed by atoms with Gasteiger partial charge in [0, 0.05) is 28.9 Å². The van der Waals surface area contributed by atoms with Crippen LogP contribution >= 0.6 is 0 Å². The molecule has 5 aromatic rings. The second kappa shape index (κ2) is 10.3. The molecule has 0 aliphatic carbocycles. The van der Waals surface area contributed by atoms with Crippen molar-refractivity contribution in [1.29, 1.82) is 0 Å². The van der Waals surface area contributed by atoms with Crippen LogP contribution in [-0.2, 0) is 5.41 Å². The van der Waals surface area contributed by atoms with E-state index in [1.807, 2.05) is 24.3 Å². The maximum Gasteiger partial charge on any atom is 0.259 e. The molecule has 0 spiro atoms. The molecule has 1 aromatic heterocycles. The number of amides is 1. The fourth-order valence-electron chi connectivity index (χ4n) is 4.08. The average molecular weight is 505 g/mol. The Morgan fingerprint density at radius 2 is 1.34 bits per heavy atom. The largest absolute Gasteiger partial charge is 0.506 e. The van der Waals surface area contributed by atoms with Crippen molar-refractivity contribution in [3.05, 3.63) is 115 Å². The Hall–Kier alpha value is -4.84. The van der Waals surface area contributed by atoms with Gasteiger partial charge in [-0.3, -0.25) is 9.78 Å². The van der Waals surface area contributed by atoms with Crippen LogP contribution < -0.4 is 14.8 Å². The number of hydrogen-bond donors (Lipinski definition) is 2. The van der Waals surface area contributed by atoms with Crippen molar-refractivity contribution in [2.75, 3.05) is 5.32 Å². The van der Waals surface area contributed by atoms with E-state index in [4.69, 9.17) is 9.47 Å². The van der Waals surface area contributed by atoms with Gasteiger partial charge < -0.3 is 19.9 Å². The summed E-state index contributed by atoms with van der Waals surface area (Å²) in [4.78, 5) is 17.2. The lowest BCUT2D eigenvalue weighted by atomic mass is 9.87. The molecule has 0 saturated heterocycles. The number of carbonyl (C=O) groups excluding carboxylic acids is 1. The smallest absolute Gasteiger partial charge is 0.259 e. The number of aromatic hydroxyl groups is 1. The Bertz CT molecular complexity index is 1570. The molecule has 38 heavy (non-hydrogen) atoms. The number of ether oxygens (including phenoxy) is 2. The Balaban J connectivity index is 1.35. The van der Waals surface area contributed by atoms with Crippen LogP contribution in [-0.4, -0.2) is 16.0 Å². The third kappa shape index (κ3) is 5.44. The van der Waals surface area contributed by atoms with Gasteiger partial charge in [0.25, 0.3) is 5.91 Å². The minimum absolute atomic E-state index is 0.0732. The predicted molar refractivity (Wildman–Crippen MR) is 150 cm³/mol. The van der Waals surface area contributed by atoms with Crippen molar-refractivity contribution in [2.45, 2.75) is 26.2 Å². The first-order valence-corrected chi connectivity index (χ1v) is 12.3. The Morgan fingerprint density at radius 3 is 1.97 bits per heavy atom. The molecule has 6 heteroatoms. The summed E-state index contributed by atoms with van der Waals surface area (Å²) in [5.41, 5.74) is 1.97. The SMILES string of the molecule is CC(C)(C)c1ccc(Oc2ccc(NC(=O)c3cc(Oc4ccncc4)c4ccccc4c3O)cc2)cc1. The van der Waals surface area contributed by atoms with Gasteiger partial charge in [-0.25, -0.2) is 0 Å². The standard InChI is InChI=1S/C32H28N2O4/c1-32(2,3)21-8-12-23(13-9-21)37-24-14-10-22(11-15-24)34-31(36)28-20-29(38-25-16-18-33-19-17-25)26-6-4-5-7-27(26)30(28)35/h4-20,35H,1-3H3,(H,34,36). The summed E-state index contributed by atoms with van der Waals surface area (Å²) in [5.74, 6) is 1.84. The summed E-state index contributed by atoms with van der Waals surface area (Å²) in [5, 5.41) is 15.0. The summed E-state index contributed by atoms with van der Waals surface area (Å²) >= 11 is 0. The van der Waals surface area contributed by atoms with Crippen LogP contribution in [0.25, 0.3) is 10.8 Å². The lowest BCUT2D eigenvalue weighted by molar-refractivity contribution is 0.102. The van der Waals surface area contributed by atoms with Crippen LogP contribution in [0.1, 0.15) is 36.7 Å². The van der Waals surface area contributed by atoms with Gasteiger partial charge in [-0.05, 0) is 65.6 Å². The number of carbonyl (C=O) groups is 1. The van der Waals surface area contributed by atoms with Gasteiger partial charge in [0.15, 0.2) is 0 Å². The molecule has 0 saturated carbocycles. The molecular formula is C32H28N2O4. The van der Waals surface area contributed by atoms with Gasteiger partial charge in [0.1, 0.15) is 28.7 Å². The minimum Gasteiger partial charge on any atom is -0.506 e. The lowest BCUT2D eigenvalue weighted by Gasteiger charge is -2.19. The number of rotatable bonds is 6. The van der Waals surface area contributed by atoms with E-state index in [0.717, 1.165) is 5.75 Å². The molecule has 0 unspecified atom stereocenters. The second-order valence-corrected chi connectivity index (χ2v) is 9.96. The van der Waals surface area contributed by atoms with Crippen molar-refractivity contribution in [3.8, 4) is 28.7 Å². The molecular weight excluding hydrogens is 476 g/mol. The average Bonchev–Trinajstić information content (AvgIpc) is 2.92. The summed E-state index contributed by atoms with van der Waals surface area (Å²) in [7, 11) is 0. The first-order valence-electron chi connectivity index (χ1n) is 12.3. The first-order chi connectivity index (χ1) is 18.3. The third-order valence-electron chi connectivity index (χ3n) is 6.17. The zero-order valence-electron chi connectivity index (χ0n) is 21.4. The molecule has 4 aromatic carbocycles. The van der Waals surface area contributed by atoms with E-state index in [0.29, 0.717) is 33.7 Å². The van der Waals surface area contributed by atoms with Gasteiger partial charge in [-0.2, -0.15) is 0 Å². The fraction of sp³-hybridized carbons (Fsp3) is 0.125. The Kier molecular flexibility index (Phi) is 6.71. The number of fused-ring (bicyclic) bond motifs is 1. The lowest BCUT2D eigenvalue weighted by Crippen LogP contribution is -2.12. The van der Waals surface area contributed by atoms with Crippen molar-refractivity contribution in [2.24, 2.45) is 0 Å². The molecule has 190 valence electrons. The number of benzene rings is 4. The number of aromatic nitrogens is 1. The van der Waals surface area contributed by atoms with Crippen LogP contribution in [0.15, 0.2) is 103 Å². The van der Waals surface area contributed by atoms with Gasteiger partial charge in [-0.1, -0.05) is 57.2 Å². The first kappa shape index (κ1) is 24.8. The topological polar surface area (TPSA) is 80.7 Å². The Morgan fingerprint density at radius 1 is 0.763 bits per heavy atom. The fourth-order valence-corrected chi connectivity index (χ4v) is 4.08. The molecule has 5 rings (SSSR count). The number of phenolic OH excluding ortho intramolecular Hbond substituents is 1. The van der Waals surface area contributed by atoms with Gasteiger partial charge in [0.2, 0.25) is 0 Å². The predicted octanol–water partition coefficient (Wildman–Crippen LogP) is 8.07. The monoisotopic (exact) mass is 504 g/mol. The van der Waals surface area contributed by atoms with E-state index in [2.05, 4.69) is 43.2 Å². The molecule has 1 amide bonds. The number of hydrogen-bond acceptors (Lipinski definition) is 5. The molecule has 2 N–H and O–H groups in total. The molecule has 0 fully saturated rings. The molecule has 0 radical (unpaired) electrons. The van der Waals surface area contributed by atoms with E-state index in [1.54, 1.807) is 67.0 Å². The van der Waals surface area contributed by atoms with Gasteiger partial charge in [0.05, 0.1) is 5.56 Å². The Labute approximate surface area is 221 Å². The number of anilines is 1. The van der Waals surface area contributed by atoms with Crippen molar-refractivity contribution in [3.63, 3.8) is 0 Å². The molecule has 1 heterocycles. The zero-order valence-corrected chi connectivity index (χ0v) is 21.4. The van der Waals surface area contributed by atoms with E-state index >= 15 is 0 Å². The number of phenols is 1. The maximum atomic E-state index is 13.2. The molecule has 0 atom stereocenters. The normalized spacial score (nSPS) is 11.2. The van der Waals surface area contributed by atoms with Crippen molar-refractivity contribution >= 4 is 22.4 Å². The highest BCUT2D eigenvalue weighted by molar-refractivity contribution is 6.11. The minimum atomic E-state index is -0.459. The van der Waals surface area contributed by atoms with Crippen molar-refractivity contribution in [1.82, 2.24) is 4.98 Å². The van der Waals surface area contributed by atoms with Crippen LogP contribution in [0.2, 0.25) is 0 Å². The number of nitrogens with zero attached hydrogens (tertiary/aromatic N) is 1. The highest BCUT2D eigenvalue weighted by Crippen LogP contribution is 2.38. The van der Waals surface area contributed by atoms with E-state index in [-0.39, 0.29) is 16.7 Å². The van der Waals surface area contributed by atoms with Crippen LogP contribution in [0.5, 0.6) is 28.7 Å². The van der Waals surface area contributed by atoms with Crippen LogP contribution in [0.4, 0.5) is 5.69 Å².